The summed E-state index contributed by atoms with van der Waals surface area (Å²) in [4.78, 5) is 43.5. The number of hydrogen-bond donors (Lipinski definition) is 5. The zero-order valence-corrected chi connectivity index (χ0v) is 21.4. The highest BCUT2D eigenvalue weighted by atomic mass is 16.3. The van der Waals surface area contributed by atoms with Gasteiger partial charge in [0.2, 0.25) is 5.91 Å². The summed E-state index contributed by atoms with van der Waals surface area (Å²) in [6, 6.07) is 8.91. The number of nitrogens with one attached hydrogen (secondary N) is 2. The molecule has 2 heterocycles. The Morgan fingerprint density at radius 1 is 0.921 bits per heavy atom. The average molecular weight is 521 g/mol. The number of hydrogen-bond acceptors (Lipinski definition) is 7. The Kier molecular flexibility index (Phi) is 7.51. The number of pyridine rings is 1. The smallest absolute Gasteiger partial charge is 0.251 e. The number of aromatic nitrogens is 1. The molecule has 2 saturated carbocycles. The first-order chi connectivity index (χ1) is 18.3. The van der Waals surface area contributed by atoms with E-state index in [1.807, 2.05) is 6.07 Å². The van der Waals surface area contributed by atoms with Gasteiger partial charge in [-0.15, -0.1) is 0 Å². The van der Waals surface area contributed by atoms with Gasteiger partial charge in [-0.05, 0) is 87.6 Å². The van der Waals surface area contributed by atoms with Crippen molar-refractivity contribution in [3.8, 4) is 0 Å². The number of carbonyl (C=O) groups excluding carboxylic acids is 3. The highest BCUT2D eigenvalue weighted by molar-refractivity contribution is 6.02. The molecule has 3 aliphatic rings. The first kappa shape index (κ1) is 26.0. The molecule has 0 radical (unpaired) electrons. The van der Waals surface area contributed by atoms with Gasteiger partial charge in [0.15, 0.2) is 0 Å². The number of anilines is 2. The maximum atomic E-state index is 13.3. The molecule has 1 aliphatic heterocycles. The van der Waals surface area contributed by atoms with Gasteiger partial charge < -0.3 is 32.1 Å². The van der Waals surface area contributed by atoms with Crippen molar-refractivity contribution in [2.45, 2.75) is 75.6 Å². The maximum Gasteiger partial charge on any atom is 0.251 e. The molecule has 3 atom stereocenters. The molecule has 3 amide bonds. The van der Waals surface area contributed by atoms with Gasteiger partial charge in [-0.3, -0.25) is 14.4 Å². The fourth-order valence-electron chi connectivity index (χ4n) is 6.32. The Hall–Kier alpha value is -3.66. The highest BCUT2D eigenvalue weighted by Crippen LogP contribution is 2.39. The van der Waals surface area contributed by atoms with E-state index in [2.05, 4.69) is 20.5 Å². The van der Waals surface area contributed by atoms with E-state index in [1.54, 1.807) is 24.3 Å². The second-order valence-corrected chi connectivity index (χ2v) is 10.8. The third-order valence-corrected chi connectivity index (χ3v) is 8.30. The molecule has 1 aromatic carbocycles. The molecule has 0 bridgehead atoms. The second kappa shape index (κ2) is 11.0. The number of fused-ring (bicyclic) bond motifs is 1. The molecule has 3 fully saturated rings. The van der Waals surface area contributed by atoms with E-state index in [0.717, 1.165) is 50.9 Å². The summed E-state index contributed by atoms with van der Waals surface area (Å²) in [7, 11) is 0. The Labute approximate surface area is 222 Å². The monoisotopic (exact) mass is 520 g/mol. The van der Waals surface area contributed by atoms with E-state index < -0.39 is 11.8 Å². The summed E-state index contributed by atoms with van der Waals surface area (Å²) < 4.78 is 0. The standard InChI is InChI=1S/C28H36N6O4/c29-26(36)18-4-10-25(31-15-18)34-11-1-2-16-12-20(14-24(16)34)33-28(38)17-3-9-22(27(30)37)23(13-17)32-19-5-7-21(35)8-6-19/h3-4,9-10,13,15-16,19-21,24,32,35H,1-2,5-8,11-12,14H2,(H2,29,36)(H2,30,37)(H,33,38)/t16?,19-,20?,21-,24?. The van der Waals surface area contributed by atoms with Gasteiger partial charge in [-0.2, -0.15) is 0 Å². The molecule has 0 spiro atoms. The molecule has 3 unspecified atom stereocenters. The Morgan fingerprint density at radius 3 is 2.37 bits per heavy atom. The molecule has 2 aromatic rings. The molecule has 1 saturated heterocycles. The van der Waals surface area contributed by atoms with E-state index in [-0.39, 0.29) is 30.1 Å². The van der Waals surface area contributed by atoms with Gasteiger partial charge >= 0.3 is 0 Å². The van der Waals surface area contributed by atoms with E-state index in [0.29, 0.717) is 41.1 Å². The van der Waals surface area contributed by atoms with Crippen LogP contribution in [0.2, 0.25) is 0 Å². The summed E-state index contributed by atoms with van der Waals surface area (Å²) in [5, 5.41) is 16.4. The molecular weight excluding hydrogens is 484 g/mol. The largest absolute Gasteiger partial charge is 0.393 e. The van der Waals surface area contributed by atoms with Crippen LogP contribution < -0.4 is 27.0 Å². The number of aliphatic hydroxyl groups excluding tert-OH is 1. The van der Waals surface area contributed by atoms with Gasteiger partial charge in [0.1, 0.15) is 5.82 Å². The first-order valence-corrected chi connectivity index (χ1v) is 13.5. The Balaban J connectivity index is 1.26. The quantitative estimate of drug-likeness (QED) is 0.373. The predicted molar refractivity (Wildman–Crippen MR) is 144 cm³/mol. The van der Waals surface area contributed by atoms with Gasteiger partial charge in [-0.1, -0.05) is 0 Å². The number of nitrogens with two attached hydrogens (primary N) is 2. The molecular formula is C28H36N6O4. The van der Waals surface area contributed by atoms with Crippen molar-refractivity contribution in [3.63, 3.8) is 0 Å². The molecule has 10 nitrogen and oxygen atoms in total. The minimum atomic E-state index is -0.548. The fraction of sp³-hybridized carbons (Fsp3) is 0.500. The van der Waals surface area contributed by atoms with Crippen molar-refractivity contribution in [3.05, 3.63) is 53.2 Å². The van der Waals surface area contributed by atoms with Crippen molar-refractivity contribution in [2.24, 2.45) is 17.4 Å². The number of amides is 3. The lowest BCUT2D eigenvalue weighted by atomic mass is 9.92. The van der Waals surface area contributed by atoms with Crippen LogP contribution in [0.25, 0.3) is 0 Å². The van der Waals surface area contributed by atoms with Gasteiger partial charge in [0.05, 0.1) is 17.2 Å². The third-order valence-electron chi connectivity index (χ3n) is 8.30. The van der Waals surface area contributed by atoms with Crippen molar-refractivity contribution < 1.29 is 19.5 Å². The molecule has 5 rings (SSSR count). The number of primary amides is 2. The first-order valence-electron chi connectivity index (χ1n) is 13.5. The average Bonchev–Trinajstić information content (AvgIpc) is 3.32. The van der Waals surface area contributed by atoms with Crippen molar-refractivity contribution in [2.75, 3.05) is 16.8 Å². The molecule has 7 N–H and O–H groups in total. The summed E-state index contributed by atoms with van der Waals surface area (Å²) in [6.07, 6.45) is 8.07. The SMILES string of the molecule is NC(=O)c1ccc(N2CCCC3CC(NC(=O)c4ccc(C(N)=O)c(N[C@H]5CC[C@H](O)CC5)c4)CC32)nc1. The van der Waals surface area contributed by atoms with Crippen LogP contribution in [-0.4, -0.2) is 58.6 Å². The summed E-state index contributed by atoms with van der Waals surface area (Å²) in [6.45, 7) is 0.882. The number of aliphatic hydroxyl groups is 1. The van der Waals surface area contributed by atoms with Crippen LogP contribution in [0.15, 0.2) is 36.5 Å². The zero-order chi connectivity index (χ0) is 26.8. The van der Waals surface area contributed by atoms with Crippen LogP contribution in [0.4, 0.5) is 11.5 Å². The van der Waals surface area contributed by atoms with Crippen molar-refractivity contribution >= 4 is 29.2 Å². The molecule has 2 aliphatic carbocycles. The molecule has 38 heavy (non-hydrogen) atoms. The lowest BCUT2D eigenvalue weighted by Gasteiger charge is -2.38. The Morgan fingerprint density at radius 2 is 1.68 bits per heavy atom. The number of carbonyl (C=O) groups is 3. The lowest BCUT2D eigenvalue weighted by molar-refractivity contribution is 0.0934. The highest BCUT2D eigenvalue weighted by Gasteiger charge is 2.41. The van der Waals surface area contributed by atoms with Crippen LogP contribution in [-0.2, 0) is 0 Å². The normalized spacial score (nSPS) is 26.9. The molecule has 10 heteroatoms. The van der Waals surface area contributed by atoms with Crippen LogP contribution in [0.5, 0.6) is 0 Å². The summed E-state index contributed by atoms with van der Waals surface area (Å²) >= 11 is 0. The van der Waals surface area contributed by atoms with E-state index in [4.69, 9.17) is 11.5 Å². The van der Waals surface area contributed by atoms with E-state index >= 15 is 0 Å². The maximum absolute atomic E-state index is 13.3. The predicted octanol–water partition coefficient (Wildman–Crippen LogP) is 2.17. The minimum absolute atomic E-state index is 0.0232. The minimum Gasteiger partial charge on any atom is -0.393 e. The lowest BCUT2D eigenvalue weighted by Crippen LogP contribution is -2.43. The van der Waals surface area contributed by atoms with Gasteiger partial charge in [0, 0.05) is 42.1 Å². The summed E-state index contributed by atoms with van der Waals surface area (Å²) in [5.74, 6) is 0.0476. The number of nitrogens with zero attached hydrogens (tertiary/aromatic N) is 2. The van der Waals surface area contributed by atoms with Crippen LogP contribution >= 0.6 is 0 Å². The summed E-state index contributed by atoms with van der Waals surface area (Å²) in [5.41, 5.74) is 12.7. The van der Waals surface area contributed by atoms with Crippen LogP contribution in [0.3, 0.4) is 0 Å². The van der Waals surface area contributed by atoms with E-state index in [9.17, 15) is 19.5 Å². The van der Waals surface area contributed by atoms with E-state index in [1.165, 1.54) is 6.20 Å². The van der Waals surface area contributed by atoms with Crippen LogP contribution in [0.1, 0.15) is 82.4 Å². The molecule has 202 valence electrons. The number of piperidine rings is 1. The topological polar surface area (TPSA) is 164 Å². The van der Waals surface area contributed by atoms with Crippen molar-refractivity contribution in [1.82, 2.24) is 10.3 Å². The Bertz CT molecular complexity index is 1190. The third kappa shape index (κ3) is 5.60. The second-order valence-electron chi connectivity index (χ2n) is 10.8. The van der Waals surface area contributed by atoms with Gasteiger partial charge in [0.25, 0.3) is 11.8 Å². The number of benzene rings is 1. The fourth-order valence-corrected chi connectivity index (χ4v) is 6.32. The number of rotatable bonds is 7. The molecule has 1 aromatic heterocycles. The van der Waals surface area contributed by atoms with Gasteiger partial charge in [-0.25, -0.2) is 4.98 Å². The zero-order valence-electron chi connectivity index (χ0n) is 21.4. The van der Waals surface area contributed by atoms with Crippen LogP contribution in [0, 0.1) is 5.92 Å². The van der Waals surface area contributed by atoms with Crippen molar-refractivity contribution in [1.29, 1.82) is 0 Å².